The molecule has 12 atom stereocenters. The molecule has 0 spiro atoms. The third-order valence-electron chi connectivity index (χ3n) is 23.0. The Morgan fingerprint density at radius 2 is 1.08 bits per heavy atom. The van der Waals surface area contributed by atoms with Gasteiger partial charge in [0.05, 0.1) is 110 Å². The maximum atomic E-state index is 15.2. The Morgan fingerprint density at radius 1 is 0.605 bits per heavy atom. The second kappa shape index (κ2) is 39.1. The minimum atomic E-state index is -3.94. The van der Waals surface area contributed by atoms with Gasteiger partial charge in [-0.1, -0.05) is 80.4 Å². The molecule has 3 N–H and O–H groups in total. The Labute approximate surface area is 709 Å². The number of carbonyl (C=O) groups is 4. The maximum absolute atomic E-state index is 15.2. The van der Waals surface area contributed by atoms with Gasteiger partial charge in [0.2, 0.25) is 26.6 Å². The Balaban J connectivity index is 0.000000183. The number of aromatic amines is 1. The van der Waals surface area contributed by atoms with Crippen molar-refractivity contribution >= 4 is 116 Å². The summed E-state index contributed by atoms with van der Waals surface area (Å²) in [6, 6.07) is 16.3. The van der Waals surface area contributed by atoms with Gasteiger partial charge in [0.15, 0.2) is 27.3 Å². The minimum Gasteiger partial charge on any atom is -0.495 e. The number of methoxy groups -OCH3 is 2. The van der Waals surface area contributed by atoms with E-state index in [1.807, 2.05) is 89.6 Å². The van der Waals surface area contributed by atoms with Crippen LogP contribution in [0.2, 0.25) is 10.0 Å². The topological polar surface area (TPSA) is 269 Å². The van der Waals surface area contributed by atoms with Crippen LogP contribution in [0.25, 0.3) is 44.6 Å². The average molecular weight is 1760 g/mol. The largest absolute Gasteiger partial charge is 0.495 e. The molecule has 0 bridgehead atoms. The first-order chi connectivity index (χ1) is 56.9. The fourth-order valence-corrected chi connectivity index (χ4v) is 25.8. The molecule has 119 heavy (non-hydrogen) atoms. The van der Waals surface area contributed by atoms with Crippen LogP contribution < -0.4 is 30.3 Å². The van der Waals surface area contributed by atoms with Crippen molar-refractivity contribution in [3.63, 3.8) is 0 Å². The number of thiazole rings is 2. The van der Waals surface area contributed by atoms with Gasteiger partial charge >= 0.3 is 0 Å². The highest BCUT2D eigenvalue weighted by Gasteiger charge is 2.68. The number of fused-ring (bicyclic) bond motifs is 6. The first kappa shape index (κ1) is 90.4. The second-order valence-electron chi connectivity index (χ2n) is 32.2. The van der Waals surface area contributed by atoms with E-state index in [1.54, 1.807) is 61.1 Å². The Hall–Kier alpha value is -7.88. The van der Waals surface area contributed by atoms with Crippen molar-refractivity contribution in [3.05, 3.63) is 163 Å². The number of aromatic nitrogens is 4. The number of H-pyrrole nitrogens is 1. The maximum Gasteiger partial charge on any atom is 0.226 e. The van der Waals surface area contributed by atoms with E-state index >= 15 is 13.3 Å². The Kier molecular flexibility index (Phi) is 29.7. The molecule has 4 fully saturated rings. The van der Waals surface area contributed by atoms with Gasteiger partial charge < -0.3 is 58.1 Å². The molecular weight excluding hydrogens is 1650 g/mol. The van der Waals surface area contributed by atoms with Crippen molar-refractivity contribution in [2.24, 2.45) is 29.6 Å². The van der Waals surface area contributed by atoms with Crippen LogP contribution in [-0.2, 0) is 59.2 Å². The number of nitrogens with one attached hydrogen (secondary N) is 3. The van der Waals surface area contributed by atoms with Gasteiger partial charge in [0, 0.05) is 108 Å². The summed E-state index contributed by atoms with van der Waals surface area (Å²) in [5.74, 6) is -3.53. The van der Waals surface area contributed by atoms with E-state index in [4.69, 9.17) is 65.9 Å². The van der Waals surface area contributed by atoms with Crippen molar-refractivity contribution in [3.8, 4) is 40.0 Å². The van der Waals surface area contributed by atoms with Gasteiger partial charge in [0.25, 0.3) is 0 Å². The fourth-order valence-electron chi connectivity index (χ4n) is 16.7. The van der Waals surface area contributed by atoms with Gasteiger partial charge in [-0.25, -0.2) is 32.5 Å². The number of nitrogens with zero attached hydrogens (tertiary/aromatic N) is 5. The number of Topliss-reactive ketones (excluding diaryl/α,β-unsaturated/α-hetero) is 2. The number of carbonyl (C=O) groups excluding carboxylic acids is 4. The molecule has 8 heterocycles. The zero-order valence-corrected chi connectivity index (χ0v) is 73.7. The number of allylic oxidation sites excluding steroid dienone is 2. The normalized spacial score (nSPS) is 25.2. The molecular formula is C87H104Cl2F4N8O14P2S2. The molecule has 2 unspecified atom stereocenters. The van der Waals surface area contributed by atoms with E-state index < -0.39 is 84.7 Å². The molecule has 4 aromatic carbocycles. The second-order valence-corrected chi connectivity index (χ2v) is 40.3. The van der Waals surface area contributed by atoms with Crippen LogP contribution in [0.4, 0.5) is 27.8 Å². The summed E-state index contributed by atoms with van der Waals surface area (Å²) in [5, 5.41) is 11.5. The number of anilines is 2. The lowest BCUT2D eigenvalue weighted by atomic mass is 9.99. The number of pyridine rings is 2. The highest BCUT2D eigenvalue weighted by molar-refractivity contribution is 7.60. The van der Waals surface area contributed by atoms with Gasteiger partial charge in [0.1, 0.15) is 62.4 Å². The van der Waals surface area contributed by atoms with Crippen LogP contribution in [0.3, 0.4) is 0 Å². The number of hydrogen-bond donors (Lipinski definition) is 3. The zero-order valence-electron chi connectivity index (χ0n) is 68.7. The van der Waals surface area contributed by atoms with Crippen LogP contribution in [0, 0.1) is 52.9 Å². The molecule has 2 saturated heterocycles. The molecule has 0 radical (unpaired) electrons. The van der Waals surface area contributed by atoms with E-state index in [2.05, 4.69) is 20.6 Å². The summed E-state index contributed by atoms with van der Waals surface area (Å²) < 4.78 is 130. The standard InChI is InChI=1S/C43H50ClF2N4O7PS.C28H38F2NO5P.C16H16ClN3O2S/c1-6-56-58(53,23-30-31(45)11-9-12-32(30)46)43-20-27(43)15-17-55-16-8-7-10-26(4)41(52)50-22-28(18-35(50)36(51)21-43)57-38-19-33(34-24-59-42(49-34)47-25(2)3)48-40-29(38)13-14-37(54-5)39(40)44;1-4-36-37(34,18-22-23(29)9-7-10-24(22)30)28-15-21(28)11-13-35-12-6-5-8-20(3)27(33)31-17-19(2)14-25(31)26(32)16-28;1-8(2)18-16-20-11(7-23-16)10-6-12(21)9-4-5-13(22-3)14(17)15(9)19-10/h7-9,11-14,19,24-28,35H,6,10,15-18,20-23H2,1-5H3,(H,47,49);5-7,9-10,19-21,25H,4,8,11-18H2,1-3H3;4-8H,1-3H3,(H,18,20)(H,19,21)/b8-7+;6-5+;/t26-,27+,28+,35-,43+,58?;19-,20-,21+,25-,28+,37?;/m00./s1. The number of amides is 2. The van der Waals surface area contributed by atoms with Gasteiger partial charge in [-0.05, 0) is 153 Å². The first-order valence-electron chi connectivity index (χ1n) is 40.5. The van der Waals surface area contributed by atoms with Crippen LogP contribution in [0.1, 0.15) is 138 Å². The van der Waals surface area contributed by atoms with E-state index in [-0.39, 0.29) is 109 Å². The molecule has 8 aromatic rings. The predicted molar refractivity (Wildman–Crippen MR) is 459 cm³/mol. The summed E-state index contributed by atoms with van der Waals surface area (Å²) >= 11 is 16.1. The first-order valence-corrected chi connectivity index (χ1v) is 46.6. The SMILES string of the molecule is CCOP(=O)(Cc1c(F)cccc1F)[C@]12CC(=O)[C@@H]3C[C@@H](Oc4cc(-c5csc(NC(C)C)n5)nc5c(Cl)c(OC)ccc45)CN3C(=O)[C@@H](C)C/C=C/COCC[C@@H]1C2.CCOP(=O)(Cc1c(F)cccc1F)[C@]12CC(=O)[C@@H]3C[C@H](C)CN3C(=O)[C@@H](C)C/C=C/COCC[C@@H]1C2.COc1ccc2c(=O)cc(-c3csc(NC(C)C)n3)[nH]c2c1Cl. The van der Waals surface area contributed by atoms with Crippen molar-refractivity contribution < 1.29 is 78.6 Å². The lowest BCUT2D eigenvalue weighted by Gasteiger charge is -2.31. The van der Waals surface area contributed by atoms with Gasteiger partial charge in [-0.15, -0.1) is 22.7 Å². The number of ether oxygens (including phenoxy) is 5. The van der Waals surface area contributed by atoms with Crippen LogP contribution >= 0.6 is 60.6 Å². The third-order valence-corrected chi connectivity index (χ3v) is 32.2. The van der Waals surface area contributed by atoms with Crippen LogP contribution in [0.15, 0.2) is 113 Å². The van der Waals surface area contributed by atoms with Gasteiger partial charge in [-0.3, -0.25) is 33.1 Å². The monoisotopic (exact) mass is 1760 g/mol. The molecule has 4 aliphatic heterocycles. The summed E-state index contributed by atoms with van der Waals surface area (Å²) in [5.41, 5.74) is 2.74. The van der Waals surface area contributed by atoms with Crippen molar-refractivity contribution in [1.29, 1.82) is 0 Å². The summed E-state index contributed by atoms with van der Waals surface area (Å²) in [6.07, 6.45) is 9.37. The van der Waals surface area contributed by atoms with E-state index in [1.165, 1.54) is 41.9 Å². The molecule has 2 amide bonds. The summed E-state index contributed by atoms with van der Waals surface area (Å²) in [4.78, 5) is 89.2. The fraction of sp³-hybridized carbons (Fsp3) is 0.494. The molecule has 6 aliphatic rings. The molecule has 4 aromatic heterocycles. The number of ketones is 2. The number of rotatable bonds is 20. The highest BCUT2D eigenvalue weighted by atomic mass is 35.5. The zero-order chi connectivity index (χ0) is 85.4. The lowest BCUT2D eigenvalue weighted by molar-refractivity contribution is -0.140. The van der Waals surface area contributed by atoms with Gasteiger partial charge in [-0.2, -0.15) is 0 Å². The molecule has 22 nitrogen and oxygen atoms in total. The smallest absolute Gasteiger partial charge is 0.226 e. The van der Waals surface area contributed by atoms with Crippen LogP contribution in [-0.4, -0.2) is 161 Å². The molecule has 14 rings (SSSR count). The van der Waals surface area contributed by atoms with Crippen LogP contribution in [0.5, 0.6) is 17.2 Å². The predicted octanol–water partition coefficient (Wildman–Crippen LogP) is 19.6. The molecule has 640 valence electrons. The summed E-state index contributed by atoms with van der Waals surface area (Å²) in [6.45, 7) is 19.4. The number of halogens is 6. The van der Waals surface area contributed by atoms with Crippen molar-refractivity contribution in [2.45, 2.75) is 179 Å². The average Bonchev–Trinajstić information content (AvgIpc) is 1.55. The third kappa shape index (κ3) is 20.3. The van der Waals surface area contributed by atoms with E-state index in [9.17, 15) is 37.3 Å². The van der Waals surface area contributed by atoms with Crippen molar-refractivity contribution in [1.82, 2.24) is 29.7 Å². The van der Waals surface area contributed by atoms with Crippen molar-refractivity contribution in [2.75, 3.05) is 77.6 Å². The van der Waals surface area contributed by atoms with E-state index in [0.717, 1.165) is 34.5 Å². The summed E-state index contributed by atoms with van der Waals surface area (Å²) in [7, 11) is -4.60. The quantitative estimate of drug-likeness (QED) is 0.0363. The minimum absolute atomic E-state index is 0.0208. The Morgan fingerprint density at radius 3 is 1.59 bits per heavy atom. The number of hydrogen-bond acceptors (Lipinski definition) is 21. The molecule has 2 saturated carbocycles. The molecule has 32 heteroatoms. The van der Waals surface area contributed by atoms with E-state index in [0.29, 0.717) is 156 Å². The lowest BCUT2D eigenvalue weighted by Crippen LogP contribution is -2.44. The molecule has 2 aliphatic carbocycles. The Bertz CT molecular complexity index is 5230. The number of benzene rings is 4. The highest BCUT2D eigenvalue weighted by Crippen LogP contribution is 2.78.